The molecular weight excluding hydrogens is 792 g/mol. The summed E-state index contributed by atoms with van der Waals surface area (Å²) < 4.78 is 44.3. The quantitative estimate of drug-likeness (QED) is 0.115. The van der Waals surface area contributed by atoms with Crippen molar-refractivity contribution in [2.45, 2.75) is 158 Å². The Bertz CT molecular complexity index is 1160. The first-order valence-electron chi connectivity index (χ1n) is 21.0. The van der Waals surface area contributed by atoms with Crippen LogP contribution in [0.2, 0.25) is 0 Å². The molecule has 352 valence electrons. The predicted molar refractivity (Wildman–Crippen MR) is 220 cm³/mol. The fourth-order valence-corrected chi connectivity index (χ4v) is 7.42. The standard InChI is InChI=1S/4C10H19NO4/c4*1-7(2)8(5-11(12)13)9-6-14-10(3,4)15-9/h4*7-9H,5-6H2,1-4H3/t2*8-,9+;2*8-,9-/m1010/s1. The predicted octanol–water partition coefficient (Wildman–Crippen LogP) is 6.75. The van der Waals surface area contributed by atoms with E-state index in [1.807, 2.05) is 111 Å². The fraction of sp³-hybridized carbons (Fsp3) is 1.00. The van der Waals surface area contributed by atoms with Gasteiger partial charge in [-0.1, -0.05) is 55.4 Å². The lowest BCUT2D eigenvalue weighted by atomic mass is 9.90. The molecule has 8 atom stereocenters. The molecule has 0 N–H and O–H groups in total. The zero-order valence-electron chi connectivity index (χ0n) is 38.9. The smallest absolute Gasteiger partial charge is 0.209 e. The third-order valence-corrected chi connectivity index (χ3v) is 10.9. The first kappa shape index (κ1) is 55.3. The molecule has 0 aliphatic carbocycles. The Labute approximate surface area is 355 Å². The molecule has 0 saturated carbocycles. The summed E-state index contributed by atoms with van der Waals surface area (Å²) in [6.45, 7) is 32.0. The van der Waals surface area contributed by atoms with Gasteiger partial charge in [0.1, 0.15) is 0 Å². The second-order valence-corrected chi connectivity index (χ2v) is 19.2. The molecular formula is C40H76N4O16. The van der Waals surface area contributed by atoms with E-state index in [0.29, 0.717) is 26.4 Å². The molecule has 20 nitrogen and oxygen atoms in total. The molecule has 4 heterocycles. The van der Waals surface area contributed by atoms with Crippen molar-refractivity contribution in [1.29, 1.82) is 0 Å². The van der Waals surface area contributed by atoms with Crippen LogP contribution >= 0.6 is 0 Å². The summed E-state index contributed by atoms with van der Waals surface area (Å²) in [5.41, 5.74) is 0. The van der Waals surface area contributed by atoms with Gasteiger partial charge in [-0.25, -0.2) is 0 Å². The van der Waals surface area contributed by atoms with E-state index in [4.69, 9.17) is 37.9 Å². The molecule has 0 amide bonds. The van der Waals surface area contributed by atoms with Crippen molar-refractivity contribution < 1.29 is 57.6 Å². The van der Waals surface area contributed by atoms with Crippen molar-refractivity contribution in [2.24, 2.45) is 47.3 Å². The van der Waals surface area contributed by atoms with Gasteiger partial charge < -0.3 is 37.9 Å². The molecule has 4 fully saturated rings. The molecule has 4 aliphatic rings. The lowest BCUT2D eigenvalue weighted by Crippen LogP contribution is -2.34. The highest BCUT2D eigenvalue weighted by Gasteiger charge is 2.43. The number of ether oxygens (including phenoxy) is 8. The Balaban J connectivity index is 0.000000400. The van der Waals surface area contributed by atoms with Crippen molar-refractivity contribution in [3.63, 3.8) is 0 Å². The molecule has 0 aromatic carbocycles. The van der Waals surface area contributed by atoms with E-state index in [9.17, 15) is 40.5 Å². The highest BCUT2D eigenvalue weighted by molar-refractivity contribution is 4.82. The Kier molecular flexibility index (Phi) is 21.8. The third-order valence-electron chi connectivity index (χ3n) is 10.9. The molecule has 4 saturated heterocycles. The van der Waals surface area contributed by atoms with Crippen molar-refractivity contribution in [2.75, 3.05) is 52.6 Å². The maximum atomic E-state index is 10.5. The van der Waals surface area contributed by atoms with Crippen molar-refractivity contribution >= 4 is 0 Å². The van der Waals surface area contributed by atoms with Gasteiger partial charge in [0.25, 0.3) is 0 Å². The second kappa shape index (κ2) is 23.6. The summed E-state index contributed by atoms with van der Waals surface area (Å²) in [5, 5.41) is 42.2. The van der Waals surface area contributed by atoms with Gasteiger partial charge in [-0.3, -0.25) is 40.5 Å². The van der Waals surface area contributed by atoms with Crippen molar-refractivity contribution in [1.82, 2.24) is 0 Å². The number of hydrogen-bond acceptors (Lipinski definition) is 16. The van der Waals surface area contributed by atoms with Gasteiger partial charge >= 0.3 is 0 Å². The van der Waals surface area contributed by atoms with E-state index < -0.39 is 23.1 Å². The van der Waals surface area contributed by atoms with Gasteiger partial charge in [0.05, 0.1) is 74.5 Å². The summed E-state index contributed by atoms with van der Waals surface area (Å²) in [5.74, 6) is -1.86. The normalized spacial score (nSPS) is 26.9. The molecule has 4 rings (SSSR count). The zero-order chi connectivity index (χ0) is 46.6. The van der Waals surface area contributed by atoms with Crippen LogP contribution in [0.4, 0.5) is 0 Å². The van der Waals surface area contributed by atoms with E-state index >= 15 is 0 Å². The number of nitro groups is 4. The summed E-state index contributed by atoms with van der Waals surface area (Å²) in [6, 6.07) is 0. The molecule has 0 spiro atoms. The van der Waals surface area contributed by atoms with Crippen LogP contribution in [0, 0.1) is 87.8 Å². The average Bonchev–Trinajstić information content (AvgIpc) is 3.84. The van der Waals surface area contributed by atoms with E-state index in [-0.39, 0.29) is 118 Å². The van der Waals surface area contributed by atoms with Gasteiger partial charge in [-0.05, 0) is 79.1 Å². The maximum Gasteiger partial charge on any atom is 0.209 e. The van der Waals surface area contributed by atoms with E-state index in [0.717, 1.165) is 0 Å². The molecule has 20 heteroatoms. The molecule has 0 aromatic heterocycles. The van der Waals surface area contributed by atoms with E-state index in [2.05, 4.69) is 0 Å². The zero-order valence-corrected chi connectivity index (χ0v) is 38.9. The number of rotatable bonds is 16. The largest absolute Gasteiger partial charge is 0.348 e. The highest BCUT2D eigenvalue weighted by atomic mass is 16.8. The minimum atomic E-state index is -0.603. The highest BCUT2D eigenvalue weighted by Crippen LogP contribution is 2.33. The summed E-state index contributed by atoms with van der Waals surface area (Å²) in [4.78, 5) is 41.1. The van der Waals surface area contributed by atoms with Crippen LogP contribution in [0.1, 0.15) is 111 Å². The van der Waals surface area contributed by atoms with Crippen LogP contribution in [0.25, 0.3) is 0 Å². The van der Waals surface area contributed by atoms with E-state index in [1.54, 1.807) is 0 Å². The van der Waals surface area contributed by atoms with Crippen LogP contribution in [-0.2, 0) is 37.9 Å². The van der Waals surface area contributed by atoms with Crippen LogP contribution in [0.5, 0.6) is 0 Å². The summed E-state index contributed by atoms with van der Waals surface area (Å²) >= 11 is 0. The Hall–Kier alpha value is -2.72. The van der Waals surface area contributed by atoms with Gasteiger partial charge in [0.2, 0.25) is 26.2 Å². The van der Waals surface area contributed by atoms with Gasteiger partial charge in [0, 0.05) is 19.7 Å². The lowest BCUT2D eigenvalue weighted by molar-refractivity contribution is -0.492. The van der Waals surface area contributed by atoms with Crippen LogP contribution in [0.15, 0.2) is 0 Å². The monoisotopic (exact) mass is 869 g/mol. The third kappa shape index (κ3) is 20.4. The SMILES string of the molecule is CC(C)[C@@H](C[N+](=O)[O-])[C@@H]1COC(C)(C)O1.CC(C)[C@@H](C[N+](=O)[O-])[C@H]1COC(C)(C)O1.CC(C)[C@H](C[N+](=O)[O-])[C@@H]1COC(C)(C)O1.CC(C)[C@H](C[N+](=O)[O-])[C@H]1COC(C)(C)O1. The molecule has 0 aromatic rings. The topological polar surface area (TPSA) is 246 Å². The first-order valence-corrected chi connectivity index (χ1v) is 21.0. The molecule has 0 unspecified atom stereocenters. The molecule has 60 heavy (non-hydrogen) atoms. The van der Waals surface area contributed by atoms with E-state index in [1.165, 1.54) is 0 Å². The van der Waals surface area contributed by atoms with Gasteiger partial charge in [-0.2, -0.15) is 0 Å². The maximum absolute atomic E-state index is 10.5. The minimum Gasteiger partial charge on any atom is -0.348 e. The van der Waals surface area contributed by atoms with Gasteiger partial charge in [-0.15, -0.1) is 0 Å². The Morgan fingerprint density at radius 3 is 0.617 bits per heavy atom. The van der Waals surface area contributed by atoms with Crippen LogP contribution in [-0.4, -0.2) is 120 Å². The Morgan fingerprint density at radius 1 is 0.383 bits per heavy atom. The second-order valence-electron chi connectivity index (χ2n) is 19.2. The average molecular weight is 869 g/mol. The molecule has 0 bridgehead atoms. The Morgan fingerprint density at radius 2 is 0.533 bits per heavy atom. The summed E-state index contributed by atoms with van der Waals surface area (Å²) in [7, 11) is 0. The van der Waals surface area contributed by atoms with Gasteiger partial charge in [0.15, 0.2) is 23.1 Å². The van der Waals surface area contributed by atoms with Crippen molar-refractivity contribution in [3.05, 3.63) is 40.5 Å². The fourth-order valence-electron chi connectivity index (χ4n) is 7.42. The molecule has 4 aliphatic heterocycles. The van der Waals surface area contributed by atoms with Crippen molar-refractivity contribution in [3.8, 4) is 0 Å². The summed E-state index contributed by atoms with van der Waals surface area (Å²) in [6.07, 6.45) is -0.647. The van der Waals surface area contributed by atoms with Crippen LogP contribution < -0.4 is 0 Å². The lowest BCUT2D eigenvalue weighted by Gasteiger charge is -2.24. The number of nitrogens with zero attached hydrogens (tertiary/aromatic N) is 4. The number of hydrogen-bond donors (Lipinski definition) is 0. The minimum absolute atomic E-state index is 0.0538. The first-order chi connectivity index (χ1) is 27.3. The molecule has 0 radical (unpaired) electrons. The van der Waals surface area contributed by atoms with Crippen LogP contribution in [0.3, 0.4) is 0 Å².